The molecule has 0 fully saturated rings. The first-order chi connectivity index (χ1) is 15.2. The number of aromatic nitrogens is 2. The molecule has 2 aromatic carbocycles. The summed E-state index contributed by atoms with van der Waals surface area (Å²) >= 11 is 0. The summed E-state index contributed by atoms with van der Waals surface area (Å²) in [7, 11) is 0. The minimum absolute atomic E-state index is 0.00828. The molecular weight excluding hydrogens is 421 g/mol. The van der Waals surface area contributed by atoms with E-state index in [-0.39, 0.29) is 12.1 Å². The van der Waals surface area contributed by atoms with Gasteiger partial charge in [0.1, 0.15) is 11.9 Å². The fourth-order valence-corrected chi connectivity index (χ4v) is 4.05. The fourth-order valence-electron chi connectivity index (χ4n) is 4.05. The molecule has 0 aliphatic carbocycles. The number of benzene rings is 2. The van der Waals surface area contributed by atoms with Gasteiger partial charge in [-0.1, -0.05) is 12.1 Å². The zero-order valence-corrected chi connectivity index (χ0v) is 17.3. The van der Waals surface area contributed by atoms with Crippen LogP contribution in [0.1, 0.15) is 24.2 Å². The molecule has 0 aliphatic heterocycles. The second kappa shape index (κ2) is 8.03. The van der Waals surface area contributed by atoms with Crippen LogP contribution in [-0.4, -0.2) is 20.2 Å². The van der Waals surface area contributed by atoms with Gasteiger partial charge in [0.25, 0.3) is 5.56 Å². The molecule has 0 unspecified atom stereocenters. The smallest absolute Gasteiger partial charge is 0.326 e. The molecule has 1 N–H and O–H groups in total. The number of rotatable bonds is 5. The molecule has 2 aromatic heterocycles. The summed E-state index contributed by atoms with van der Waals surface area (Å²) in [6.45, 7) is 3.04. The summed E-state index contributed by atoms with van der Waals surface area (Å²) in [5.41, 5.74) is 1.76. The van der Waals surface area contributed by atoms with Gasteiger partial charge in [-0.2, -0.15) is 0 Å². The minimum atomic E-state index is -1.05. The molecule has 0 saturated carbocycles. The molecule has 164 valence electrons. The van der Waals surface area contributed by atoms with Crippen LogP contribution in [0.2, 0.25) is 0 Å². The van der Waals surface area contributed by atoms with Crippen molar-refractivity contribution in [2.75, 3.05) is 0 Å². The van der Waals surface area contributed by atoms with Crippen LogP contribution in [0.5, 0.6) is 0 Å². The number of carboxylic acid groups (broad SMARTS) is 1. The Kier molecular flexibility index (Phi) is 5.38. The molecule has 4 rings (SSSR count). The minimum Gasteiger partial charge on any atom is -0.480 e. The first kappa shape index (κ1) is 21.4. The van der Waals surface area contributed by atoms with Crippen LogP contribution >= 0.6 is 0 Å². The number of aliphatic carboxylic acids is 1. The Morgan fingerprint density at radius 3 is 2.56 bits per heavy atom. The number of halogens is 3. The van der Waals surface area contributed by atoms with Gasteiger partial charge in [-0.15, -0.1) is 0 Å². The number of hydrogen-bond acceptors (Lipinski definition) is 2. The second-order valence-electron chi connectivity index (χ2n) is 7.60. The molecule has 1 atom stereocenters. The van der Waals surface area contributed by atoms with Crippen LogP contribution in [0.25, 0.3) is 22.0 Å². The number of fused-ring (bicyclic) bond motifs is 1. The van der Waals surface area contributed by atoms with Crippen molar-refractivity contribution in [1.82, 2.24) is 9.13 Å². The van der Waals surface area contributed by atoms with Gasteiger partial charge in [-0.05, 0) is 44.2 Å². The Bertz CT molecular complexity index is 1420. The maximum atomic E-state index is 14.1. The van der Waals surface area contributed by atoms with Crippen molar-refractivity contribution >= 4 is 16.9 Å². The summed E-state index contributed by atoms with van der Waals surface area (Å²) in [5.74, 6) is -3.58. The van der Waals surface area contributed by atoms with Crippen LogP contribution in [-0.2, 0) is 11.3 Å². The predicted octanol–water partition coefficient (Wildman–Crippen LogP) is 4.89. The number of carboxylic acids is 1. The number of pyridine rings is 1. The van der Waals surface area contributed by atoms with Gasteiger partial charge in [-0.3, -0.25) is 4.79 Å². The van der Waals surface area contributed by atoms with E-state index in [1.54, 1.807) is 17.6 Å². The molecule has 0 radical (unpaired) electrons. The Morgan fingerprint density at radius 2 is 1.84 bits per heavy atom. The Morgan fingerprint density at radius 1 is 1.09 bits per heavy atom. The van der Waals surface area contributed by atoms with E-state index in [0.29, 0.717) is 27.7 Å². The quantitative estimate of drug-likeness (QED) is 0.481. The van der Waals surface area contributed by atoms with Crippen LogP contribution in [0.3, 0.4) is 0 Å². The predicted molar refractivity (Wildman–Crippen MR) is 114 cm³/mol. The summed E-state index contributed by atoms with van der Waals surface area (Å²) < 4.78 is 44.6. The lowest BCUT2D eigenvalue weighted by molar-refractivity contribution is -0.140. The number of nitrogens with zero attached hydrogens (tertiary/aromatic N) is 2. The van der Waals surface area contributed by atoms with Crippen molar-refractivity contribution < 1.29 is 23.1 Å². The van der Waals surface area contributed by atoms with Crippen LogP contribution in [0, 0.1) is 24.4 Å². The highest BCUT2D eigenvalue weighted by Crippen LogP contribution is 2.36. The topological polar surface area (TPSA) is 64.2 Å². The molecule has 0 aliphatic rings. The lowest BCUT2D eigenvalue weighted by Crippen LogP contribution is -2.20. The van der Waals surface area contributed by atoms with E-state index in [1.807, 2.05) is 0 Å². The molecule has 8 heteroatoms. The van der Waals surface area contributed by atoms with E-state index >= 15 is 0 Å². The summed E-state index contributed by atoms with van der Waals surface area (Å²) in [4.78, 5) is 24.1. The van der Waals surface area contributed by atoms with Crippen LogP contribution in [0.4, 0.5) is 13.2 Å². The second-order valence-corrected chi connectivity index (χ2v) is 7.60. The Hall–Kier alpha value is -3.81. The van der Waals surface area contributed by atoms with Gasteiger partial charge in [0.2, 0.25) is 0 Å². The summed E-state index contributed by atoms with van der Waals surface area (Å²) in [6, 6.07) is 9.74. The maximum Gasteiger partial charge on any atom is 0.326 e. The van der Waals surface area contributed by atoms with Crippen molar-refractivity contribution in [3.05, 3.63) is 93.8 Å². The van der Waals surface area contributed by atoms with Crippen molar-refractivity contribution in [1.29, 1.82) is 0 Å². The van der Waals surface area contributed by atoms with Crippen molar-refractivity contribution in [2.24, 2.45) is 0 Å². The lowest BCUT2D eigenvalue weighted by atomic mass is 10.0. The van der Waals surface area contributed by atoms with Crippen molar-refractivity contribution in [2.45, 2.75) is 26.4 Å². The summed E-state index contributed by atoms with van der Waals surface area (Å²) in [5, 5.41) is 10.0. The Labute approximate surface area is 181 Å². The molecule has 32 heavy (non-hydrogen) atoms. The third-order valence-electron chi connectivity index (χ3n) is 5.60. The molecule has 0 amide bonds. The normalized spacial score (nSPS) is 12.3. The van der Waals surface area contributed by atoms with E-state index in [1.165, 1.54) is 54.1 Å². The standard InChI is InChI=1S/C24H19F3N2O3/c1-13-22(18-10-17(25)7-8-20(18)29(13)14(2)24(31)32)15-6-9-21(30)28(11-15)12-16-4-3-5-19(26)23(16)27/h3-11,14H,12H2,1-2H3,(H,31,32)/t14-/m1/s1. The number of hydrogen-bond donors (Lipinski definition) is 1. The van der Waals surface area contributed by atoms with E-state index in [4.69, 9.17) is 0 Å². The Balaban J connectivity index is 1.92. The third-order valence-corrected chi connectivity index (χ3v) is 5.60. The average Bonchev–Trinajstić information content (AvgIpc) is 3.03. The maximum absolute atomic E-state index is 14.1. The average molecular weight is 440 g/mol. The molecule has 0 spiro atoms. The molecule has 0 saturated heterocycles. The molecule has 4 aromatic rings. The zero-order chi connectivity index (χ0) is 23.2. The van der Waals surface area contributed by atoms with E-state index < -0.39 is 35.0 Å². The van der Waals surface area contributed by atoms with Gasteiger partial charge in [0, 0.05) is 45.6 Å². The lowest BCUT2D eigenvalue weighted by Gasteiger charge is -2.14. The highest BCUT2D eigenvalue weighted by molar-refractivity contribution is 5.99. The molecule has 2 heterocycles. The molecule has 5 nitrogen and oxygen atoms in total. The molecule has 0 bridgehead atoms. The fraction of sp³-hybridized carbons (Fsp3) is 0.167. The first-order valence-corrected chi connectivity index (χ1v) is 9.85. The highest BCUT2D eigenvalue weighted by Gasteiger charge is 2.23. The van der Waals surface area contributed by atoms with Gasteiger partial charge in [0.15, 0.2) is 11.6 Å². The van der Waals surface area contributed by atoms with E-state index in [0.717, 1.165) is 6.07 Å². The summed E-state index contributed by atoms with van der Waals surface area (Å²) in [6.07, 6.45) is 1.48. The largest absolute Gasteiger partial charge is 0.480 e. The third kappa shape index (κ3) is 3.57. The molecular formula is C24H19F3N2O3. The monoisotopic (exact) mass is 440 g/mol. The van der Waals surface area contributed by atoms with Crippen LogP contribution in [0.15, 0.2) is 59.5 Å². The van der Waals surface area contributed by atoms with Crippen molar-refractivity contribution in [3.8, 4) is 11.1 Å². The van der Waals surface area contributed by atoms with E-state index in [2.05, 4.69) is 0 Å². The SMILES string of the molecule is Cc1c(-c2ccc(=O)n(Cc3cccc(F)c3F)c2)c2cc(F)ccc2n1[C@H](C)C(=O)O. The van der Waals surface area contributed by atoms with Crippen molar-refractivity contribution in [3.63, 3.8) is 0 Å². The first-order valence-electron chi connectivity index (χ1n) is 9.85. The van der Waals surface area contributed by atoms with Gasteiger partial charge in [0.05, 0.1) is 6.54 Å². The number of carbonyl (C=O) groups is 1. The van der Waals surface area contributed by atoms with Gasteiger partial charge < -0.3 is 14.2 Å². The van der Waals surface area contributed by atoms with Crippen LogP contribution < -0.4 is 5.56 Å². The van der Waals surface area contributed by atoms with Gasteiger partial charge >= 0.3 is 5.97 Å². The zero-order valence-electron chi connectivity index (χ0n) is 17.3. The van der Waals surface area contributed by atoms with Gasteiger partial charge in [-0.25, -0.2) is 18.0 Å². The van der Waals surface area contributed by atoms with E-state index in [9.17, 15) is 27.9 Å². The highest BCUT2D eigenvalue weighted by atomic mass is 19.2.